The molecule has 0 aliphatic rings. The van der Waals surface area contributed by atoms with Crippen molar-refractivity contribution in [2.24, 2.45) is 5.92 Å². The first-order chi connectivity index (χ1) is 12.7. The first kappa shape index (κ1) is 33.5. The van der Waals surface area contributed by atoms with E-state index in [2.05, 4.69) is 14.6 Å². The van der Waals surface area contributed by atoms with Crippen molar-refractivity contribution in [3.8, 4) is 0 Å². The van der Waals surface area contributed by atoms with E-state index in [1.807, 2.05) is 81.4 Å². The van der Waals surface area contributed by atoms with Gasteiger partial charge in [0.2, 0.25) is 0 Å². The summed E-state index contributed by atoms with van der Waals surface area (Å²) in [7, 11) is 2.46. The topological polar surface area (TPSA) is 56.1 Å². The lowest BCUT2D eigenvalue weighted by atomic mass is 10.0. The summed E-state index contributed by atoms with van der Waals surface area (Å²) in [6.07, 6.45) is 1.97. The smallest absolute Gasteiger partial charge is 0.124 e. The van der Waals surface area contributed by atoms with E-state index >= 15 is 0 Å². The Hall–Kier alpha value is -1.09. The van der Waals surface area contributed by atoms with Gasteiger partial charge in [-0.15, -0.1) is 9.24 Å². The first-order valence-electron chi connectivity index (χ1n) is 9.75. The Morgan fingerprint density at radius 2 is 1.70 bits per heavy atom. The van der Waals surface area contributed by atoms with Crippen LogP contribution in [0.1, 0.15) is 67.9 Å². The molecule has 5 heteroatoms. The van der Waals surface area contributed by atoms with Gasteiger partial charge in [0.25, 0.3) is 0 Å². The number of aliphatic hydroxyl groups excluding tert-OH is 1. The van der Waals surface area contributed by atoms with Crippen LogP contribution in [0.4, 0.5) is 4.39 Å². The van der Waals surface area contributed by atoms with Gasteiger partial charge in [0.1, 0.15) is 5.82 Å². The van der Waals surface area contributed by atoms with Crippen molar-refractivity contribution in [2.45, 2.75) is 69.2 Å². The van der Waals surface area contributed by atoms with E-state index < -0.39 is 0 Å². The van der Waals surface area contributed by atoms with E-state index in [0.717, 1.165) is 28.7 Å². The Balaban J connectivity index is -0.000000139. The molecule has 27 heavy (non-hydrogen) atoms. The van der Waals surface area contributed by atoms with Crippen LogP contribution in [-0.4, -0.2) is 24.1 Å². The standard InChI is InChI=1S/C8H15N.C7H8FP.C3H9NO.2C2H6/c1-5-7(4)8(9)6(2)3;1-5-2-6(8)4-7(9)3-5;1-2-4-3-5;2*1-2/h5-6,9H,1-4H3;2-4H,9H2,1H3;4-5H,2-3H2,1H3;2*1-2H3/b7-5-,9-8?;;;;. The highest BCUT2D eigenvalue weighted by Crippen LogP contribution is 2.04. The molecule has 3 N–H and O–H groups in total. The summed E-state index contributed by atoms with van der Waals surface area (Å²) in [4.78, 5) is 0. The third kappa shape index (κ3) is 24.9. The lowest BCUT2D eigenvalue weighted by Gasteiger charge is -2.05. The molecule has 0 spiro atoms. The third-order valence-corrected chi connectivity index (χ3v) is 3.19. The summed E-state index contributed by atoms with van der Waals surface area (Å²) >= 11 is 0. The fraction of sp³-hybridized carbons (Fsp3) is 0.591. The summed E-state index contributed by atoms with van der Waals surface area (Å²) in [5.41, 5.74) is 2.79. The van der Waals surface area contributed by atoms with E-state index in [1.165, 1.54) is 12.1 Å². The second kappa shape index (κ2) is 24.9. The van der Waals surface area contributed by atoms with Crippen LogP contribution in [0.25, 0.3) is 0 Å². The molecule has 3 nitrogen and oxygen atoms in total. The van der Waals surface area contributed by atoms with Gasteiger partial charge >= 0.3 is 0 Å². The van der Waals surface area contributed by atoms with Crippen molar-refractivity contribution in [2.75, 3.05) is 13.3 Å². The van der Waals surface area contributed by atoms with E-state index in [4.69, 9.17) is 10.5 Å². The molecule has 160 valence electrons. The van der Waals surface area contributed by atoms with Crippen molar-refractivity contribution < 1.29 is 9.50 Å². The van der Waals surface area contributed by atoms with Crippen LogP contribution in [-0.2, 0) is 0 Å². The van der Waals surface area contributed by atoms with Crippen LogP contribution in [0.3, 0.4) is 0 Å². The Morgan fingerprint density at radius 3 is 1.89 bits per heavy atom. The largest absolute Gasteiger partial charge is 0.381 e. The Morgan fingerprint density at radius 1 is 1.22 bits per heavy atom. The highest BCUT2D eigenvalue weighted by atomic mass is 31.0. The summed E-state index contributed by atoms with van der Waals surface area (Å²) in [5.74, 6) is 0.196. The molecule has 1 atom stereocenters. The van der Waals surface area contributed by atoms with Crippen LogP contribution in [0.2, 0.25) is 0 Å². The third-order valence-electron chi connectivity index (χ3n) is 2.86. The molecule has 1 unspecified atom stereocenters. The molecule has 0 radical (unpaired) electrons. The van der Waals surface area contributed by atoms with Crippen molar-refractivity contribution in [3.05, 3.63) is 41.2 Å². The van der Waals surface area contributed by atoms with Crippen LogP contribution in [0.15, 0.2) is 29.8 Å². The van der Waals surface area contributed by atoms with E-state index in [9.17, 15) is 4.39 Å². The predicted molar refractivity (Wildman–Crippen MR) is 126 cm³/mol. The van der Waals surface area contributed by atoms with Gasteiger partial charge in [0.15, 0.2) is 0 Å². The molecular weight excluding hydrogens is 358 g/mol. The number of aryl methyl sites for hydroxylation is 1. The molecule has 0 amide bonds. The van der Waals surface area contributed by atoms with Gasteiger partial charge in [-0.25, -0.2) is 4.39 Å². The maximum atomic E-state index is 12.4. The highest BCUT2D eigenvalue weighted by molar-refractivity contribution is 7.27. The number of rotatable bonds is 4. The van der Waals surface area contributed by atoms with Crippen LogP contribution < -0.4 is 10.6 Å². The molecular formula is C22H44FN2OP. The first-order valence-corrected chi connectivity index (χ1v) is 10.3. The van der Waals surface area contributed by atoms with E-state index in [1.54, 1.807) is 0 Å². The predicted octanol–water partition coefficient (Wildman–Crippen LogP) is 5.86. The lowest BCUT2D eigenvalue weighted by molar-refractivity contribution is 0.264. The SMILES string of the molecule is C/C=C(/C)C(=N)C(C)C.CC.CC.CCNCO.Cc1cc(F)cc(P)c1. The Kier molecular flexibility index (Phi) is 30.9. The van der Waals surface area contributed by atoms with E-state index in [0.29, 0.717) is 5.92 Å². The zero-order valence-electron chi connectivity index (χ0n) is 19.2. The molecule has 0 aromatic heterocycles. The highest BCUT2D eigenvalue weighted by Gasteiger charge is 2.01. The minimum atomic E-state index is -0.167. The summed E-state index contributed by atoms with van der Waals surface area (Å²) in [6, 6.07) is 4.90. The van der Waals surface area contributed by atoms with Gasteiger partial charge in [-0.05, 0) is 61.8 Å². The molecule has 0 aliphatic heterocycles. The second-order valence-corrected chi connectivity index (χ2v) is 6.03. The van der Waals surface area contributed by atoms with Gasteiger partial charge in [-0.2, -0.15) is 0 Å². The monoisotopic (exact) mass is 402 g/mol. The molecule has 1 rings (SSSR count). The van der Waals surface area contributed by atoms with E-state index in [-0.39, 0.29) is 12.5 Å². The Bertz CT molecular complexity index is 437. The number of allylic oxidation sites excluding steroid dienone is 2. The van der Waals surface area contributed by atoms with Gasteiger partial charge in [-0.1, -0.05) is 60.6 Å². The number of hydrogen-bond donors (Lipinski definition) is 3. The number of halogens is 1. The molecule has 0 saturated carbocycles. The number of nitrogens with one attached hydrogen (secondary N) is 2. The number of benzene rings is 1. The molecule has 0 heterocycles. The minimum absolute atomic E-state index is 0.0938. The zero-order chi connectivity index (χ0) is 22.4. The van der Waals surface area contributed by atoms with Gasteiger partial charge in [0.05, 0.1) is 6.73 Å². The number of hydrogen-bond acceptors (Lipinski definition) is 3. The quantitative estimate of drug-likeness (QED) is 0.336. The molecule has 1 aromatic carbocycles. The maximum absolute atomic E-state index is 12.4. The van der Waals surface area contributed by atoms with Crippen molar-refractivity contribution in [1.29, 1.82) is 5.41 Å². The minimum Gasteiger partial charge on any atom is -0.381 e. The fourth-order valence-electron chi connectivity index (χ4n) is 1.49. The molecule has 0 bridgehead atoms. The van der Waals surface area contributed by atoms with Crippen LogP contribution in [0, 0.1) is 24.1 Å². The van der Waals surface area contributed by atoms with Crippen molar-refractivity contribution >= 4 is 20.3 Å². The van der Waals surface area contributed by atoms with Gasteiger partial charge < -0.3 is 10.5 Å². The molecule has 0 fully saturated rings. The van der Waals surface area contributed by atoms with Gasteiger partial charge in [-0.3, -0.25) is 5.32 Å². The molecule has 1 aromatic rings. The summed E-state index contributed by atoms with van der Waals surface area (Å²) in [6.45, 7) is 20.8. The van der Waals surface area contributed by atoms with Crippen molar-refractivity contribution in [1.82, 2.24) is 5.32 Å². The van der Waals surface area contributed by atoms with Crippen molar-refractivity contribution in [3.63, 3.8) is 0 Å². The van der Waals surface area contributed by atoms with Crippen LogP contribution >= 0.6 is 9.24 Å². The normalized spacial score (nSPS) is 9.33. The average Bonchev–Trinajstić information content (AvgIpc) is 2.64. The lowest BCUT2D eigenvalue weighted by Crippen LogP contribution is -2.12. The second-order valence-electron chi connectivity index (χ2n) is 5.36. The summed E-state index contributed by atoms with van der Waals surface area (Å²) in [5, 5.41) is 19.0. The molecule has 0 saturated heterocycles. The maximum Gasteiger partial charge on any atom is 0.124 e. The Labute approximate surface area is 170 Å². The summed E-state index contributed by atoms with van der Waals surface area (Å²) < 4.78 is 12.4. The fourth-order valence-corrected chi connectivity index (χ4v) is 1.91. The van der Waals surface area contributed by atoms with Gasteiger partial charge in [0, 0.05) is 5.71 Å². The zero-order valence-corrected chi connectivity index (χ0v) is 20.4. The molecule has 0 aliphatic carbocycles. The number of aliphatic hydroxyl groups is 1. The average molecular weight is 403 g/mol. The van der Waals surface area contributed by atoms with Crippen LogP contribution in [0.5, 0.6) is 0 Å².